The Kier molecular flexibility index (Phi) is 3.86. The van der Waals surface area contributed by atoms with Crippen molar-refractivity contribution in [2.75, 3.05) is 18.0 Å². The van der Waals surface area contributed by atoms with Crippen molar-refractivity contribution >= 4 is 23.2 Å². The summed E-state index contributed by atoms with van der Waals surface area (Å²) >= 11 is 0. The Labute approximate surface area is 141 Å². The van der Waals surface area contributed by atoms with E-state index in [0.717, 1.165) is 25.9 Å². The highest BCUT2D eigenvalue weighted by Crippen LogP contribution is 2.35. The first kappa shape index (κ1) is 16.5. The number of fused-ring (bicyclic) bond motifs is 1. The highest BCUT2D eigenvalue weighted by atomic mass is 16.4. The zero-order valence-corrected chi connectivity index (χ0v) is 14.6. The molecule has 0 aromatic carbocycles. The van der Waals surface area contributed by atoms with E-state index in [1.165, 1.54) is 6.92 Å². The maximum atomic E-state index is 11.9. The summed E-state index contributed by atoms with van der Waals surface area (Å²) < 4.78 is 1.76. The van der Waals surface area contributed by atoms with E-state index in [1.54, 1.807) is 23.6 Å². The van der Waals surface area contributed by atoms with E-state index in [0.29, 0.717) is 22.7 Å². The number of carboxylic acid groups (broad SMARTS) is 1. The highest BCUT2D eigenvalue weighted by molar-refractivity contribution is 5.97. The fourth-order valence-corrected chi connectivity index (χ4v) is 3.30. The van der Waals surface area contributed by atoms with Crippen molar-refractivity contribution < 1.29 is 14.7 Å². The van der Waals surface area contributed by atoms with Crippen molar-refractivity contribution in [3.05, 3.63) is 29.1 Å². The molecule has 2 aromatic heterocycles. The number of carbonyl (C=O) groups is 2. The molecule has 3 heterocycles. The van der Waals surface area contributed by atoms with Crippen LogP contribution in [0.3, 0.4) is 0 Å². The van der Waals surface area contributed by atoms with Gasteiger partial charge in [-0.1, -0.05) is 13.8 Å². The number of anilines is 1. The lowest BCUT2D eigenvalue weighted by atomic mass is 9.82. The maximum Gasteiger partial charge on any atom is 0.339 e. The molecule has 3 rings (SSSR count). The van der Waals surface area contributed by atoms with E-state index in [2.05, 4.69) is 23.7 Å². The number of carboxylic acids is 1. The lowest BCUT2D eigenvalue weighted by molar-refractivity contribution is 0.0696. The van der Waals surface area contributed by atoms with Crippen LogP contribution in [-0.4, -0.2) is 39.3 Å². The molecule has 0 amide bonds. The number of aryl methyl sites for hydroxylation is 1. The predicted molar refractivity (Wildman–Crippen MR) is 92.1 cm³/mol. The number of carbonyl (C=O) groups excluding carboxylic acids is 1. The van der Waals surface area contributed by atoms with Gasteiger partial charge in [-0.05, 0) is 36.8 Å². The van der Waals surface area contributed by atoms with Gasteiger partial charge in [-0.3, -0.25) is 9.20 Å². The minimum absolute atomic E-state index is 0.126. The topological polar surface area (TPSA) is 74.9 Å². The molecule has 0 unspecified atom stereocenters. The largest absolute Gasteiger partial charge is 0.478 e. The van der Waals surface area contributed by atoms with Crippen LogP contribution in [0.1, 0.15) is 60.0 Å². The quantitative estimate of drug-likeness (QED) is 0.876. The van der Waals surface area contributed by atoms with Gasteiger partial charge in [0.05, 0.1) is 0 Å². The van der Waals surface area contributed by atoms with Gasteiger partial charge in [0.25, 0.3) is 0 Å². The Morgan fingerprint density at radius 2 is 1.88 bits per heavy atom. The second-order valence-electron chi connectivity index (χ2n) is 7.39. The van der Waals surface area contributed by atoms with E-state index in [9.17, 15) is 14.7 Å². The smallest absolute Gasteiger partial charge is 0.339 e. The lowest BCUT2D eigenvalue weighted by Crippen LogP contribution is -2.39. The van der Waals surface area contributed by atoms with Gasteiger partial charge in [-0.15, -0.1) is 0 Å². The number of hydrogen-bond donors (Lipinski definition) is 1. The van der Waals surface area contributed by atoms with E-state index in [4.69, 9.17) is 0 Å². The van der Waals surface area contributed by atoms with Crippen LogP contribution in [0.4, 0.5) is 5.82 Å². The van der Waals surface area contributed by atoms with Gasteiger partial charge in [0, 0.05) is 26.2 Å². The zero-order chi connectivity index (χ0) is 17.6. The summed E-state index contributed by atoms with van der Waals surface area (Å²) in [6, 6.07) is 1.73. The molecule has 1 saturated heterocycles. The van der Waals surface area contributed by atoms with Crippen LogP contribution in [0.15, 0.2) is 12.3 Å². The molecule has 0 radical (unpaired) electrons. The van der Waals surface area contributed by atoms with Gasteiger partial charge >= 0.3 is 5.97 Å². The maximum absolute atomic E-state index is 11.9. The number of rotatable bonds is 3. The second kappa shape index (κ2) is 5.61. The first-order valence-corrected chi connectivity index (χ1v) is 8.21. The molecule has 0 bridgehead atoms. The lowest BCUT2D eigenvalue weighted by Gasteiger charge is -2.39. The third-order valence-electron chi connectivity index (χ3n) is 4.92. The molecule has 0 spiro atoms. The van der Waals surface area contributed by atoms with Crippen molar-refractivity contribution in [2.45, 2.75) is 40.5 Å². The van der Waals surface area contributed by atoms with Gasteiger partial charge in [0.15, 0.2) is 5.78 Å². The van der Waals surface area contributed by atoms with Crippen LogP contribution in [0.25, 0.3) is 5.65 Å². The molecule has 1 aliphatic heterocycles. The number of Topliss-reactive ketones (excluding diaryl/α,β-unsaturated/α-hetero) is 1. The first-order chi connectivity index (χ1) is 11.2. The van der Waals surface area contributed by atoms with Crippen LogP contribution < -0.4 is 4.90 Å². The van der Waals surface area contributed by atoms with Gasteiger partial charge in [0.2, 0.25) is 0 Å². The van der Waals surface area contributed by atoms with Crippen molar-refractivity contribution in [3.8, 4) is 0 Å². The number of hydrogen-bond acceptors (Lipinski definition) is 4. The second-order valence-corrected chi connectivity index (χ2v) is 7.39. The monoisotopic (exact) mass is 329 g/mol. The molecule has 6 heteroatoms. The number of pyridine rings is 1. The standard InChI is InChI=1S/C18H23N3O3/c1-11-9-14-19-13(12(2)22)10-21(14)16(15(11)17(23)24)20-7-5-18(3,4)6-8-20/h9-10H,5-8H2,1-4H3,(H,23,24). The van der Waals surface area contributed by atoms with Crippen LogP contribution in [0, 0.1) is 12.3 Å². The molecule has 1 aliphatic rings. The van der Waals surface area contributed by atoms with Crippen LogP contribution in [0.5, 0.6) is 0 Å². The van der Waals surface area contributed by atoms with Crippen molar-refractivity contribution in [1.82, 2.24) is 9.38 Å². The molecule has 24 heavy (non-hydrogen) atoms. The molecular formula is C18H23N3O3. The molecule has 0 aliphatic carbocycles. The number of piperidine rings is 1. The molecule has 0 atom stereocenters. The predicted octanol–water partition coefficient (Wildman–Crippen LogP) is 3.17. The summed E-state index contributed by atoms with van der Waals surface area (Å²) in [6.07, 6.45) is 3.64. The molecule has 1 fully saturated rings. The summed E-state index contributed by atoms with van der Waals surface area (Å²) in [6.45, 7) is 9.30. The molecule has 1 N–H and O–H groups in total. The summed E-state index contributed by atoms with van der Waals surface area (Å²) in [4.78, 5) is 30.0. The number of ketones is 1. The Hall–Kier alpha value is -2.37. The number of imidazole rings is 1. The molecule has 6 nitrogen and oxygen atoms in total. The van der Waals surface area contributed by atoms with Gasteiger partial charge in [0.1, 0.15) is 22.7 Å². The summed E-state index contributed by atoms with van der Waals surface area (Å²) in [5.41, 5.74) is 2.19. The van der Waals surface area contributed by atoms with Crippen molar-refractivity contribution in [3.63, 3.8) is 0 Å². The van der Waals surface area contributed by atoms with E-state index >= 15 is 0 Å². The summed E-state index contributed by atoms with van der Waals surface area (Å²) in [5, 5.41) is 9.73. The third-order valence-corrected chi connectivity index (χ3v) is 4.92. The summed E-state index contributed by atoms with van der Waals surface area (Å²) in [7, 11) is 0. The highest BCUT2D eigenvalue weighted by Gasteiger charge is 2.30. The Balaban J connectivity index is 2.20. The Bertz CT molecular complexity index is 826. The zero-order valence-electron chi connectivity index (χ0n) is 14.6. The van der Waals surface area contributed by atoms with Crippen LogP contribution in [0.2, 0.25) is 0 Å². The normalized spacial score (nSPS) is 17.2. The van der Waals surface area contributed by atoms with Crippen molar-refractivity contribution in [2.24, 2.45) is 5.41 Å². The van der Waals surface area contributed by atoms with Crippen molar-refractivity contribution in [1.29, 1.82) is 0 Å². The fourth-order valence-electron chi connectivity index (χ4n) is 3.30. The van der Waals surface area contributed by atoms with Crippen LogP contribution >= 0.6 is 0 Å². The SMILES string of the molecule is CC(=O)c1cn2c(N3CCC(C)(C)CC3)c(C(=O)O)c(C)cc2n1. The number of nitrogens with zero attached hydrogens (tertiary/aromatic N) is 3. The van der Waals surface area contributed by atoms with E-state index < -0.39 is 5.97 Å². The molecule has 128 valence electrons. The van der Waals surface area contributed by atoms with E-state index in [-0.39, 0.29) is 16.8 Å². The average molecular weight is 329 g/mol. The Morgan fingerprint density at radius 1 is 1.25 bits per heavy atom. The van der Waals surface area contributed by atoms with Gasteiger partial charge in [-0.25, -0.2) is 9.78 Å². The van der Waals surface area contributed by atoms with Gasteiger partial charge in [-0.2, -0.15) is 0 Å². The minimum atomic E-state index is -0.952. The first-order valence-electron chi connectivity index (χ1n) is 8.21. The molecule has 0 saturated carbocycles. The minimum Gasteiger partial charge on any atom is -0.478 e. The summed E-state index contributed by atoms with van der Waals surface area (Å²) in [5.74, 6) is -0.445. The fraction of sp³-hybridized carbons (Fsp3) is 0.500. The average Bonchev–Trinajstić information content (AvgIpc) is 2.89. The van der Waals surface area contributed by atoms with E-state index in [1.807, 2.05) is 0 Å². The third kappa shape index (κ3) is 2.77. The molecular weight excluding hydrogens is 306 g/mol. The number of aromatic carboxylic acids is 1. The number of aromatic nitrogens is 2. The van der Waals surface area contributed by atoms with Gasteiger partial charge < -0.3 is 10.0 Å². The Morgan fingerprint density at radius 3 is 2.42 bits per heavy atom. The molecule has 2 aromatic rings. The van der Waals surface area contributed by atoms with Crippen LogP contribution in [-0.2, 0) is 0 Å².